The fourth-order valence-corrected chi connectivity index (χ4v) is 3.44. The monoisotopic (exact) mass is 385 g/mol. The zero-order valence-electron chi connectivity index (χ0n) is 14.4. The van der Waals surface area contributed by atoms with E-state index >= 15 is 0 Å². The lowest BCUT2D eigenvalue weighted by Gasteiger charge is -2.16. The summed E-state index contributed by atoms with van der Waals surface area (Å²) in [7, 11) is 6.10. The van der Waals surface area contributed by atoms with Crippen LogP contribution in [0, 0.1) is 0 Å². The molecule has 0 bridgehead atoms. The second kappa shape index (κ2) is 8.94. The molecular formula is C17H20ClNO5S. The van der Waals surface area contributed by atoms with Crippen LogP contribution in [0.1, 0.15) is 21.3 Å². The fourth-order valence-electron chi connectivity index (χ4n) is 2.30. The minimum absolute atomic E-state index is 0.274. The molecule has 1 heterocycles. The SMILES string of the molecule is COc1cc(C(=O)NCC(OC)c2ccc(Cl)s2)cc(OC)c1OC. The zero-order valence-corrected chi connectivity index (χ0v) is 16.0. The van der Waals surface area contributed by atoms with E-state index in [0.29, 0.717) is 33.7 Å². The van der Waals surface area contributed by atoms with Crippen molar-refractivity contribution in [3.63, 3.8) is 0 Å². The van der Waals surface area contributed by atoms with Crippen molar-refractivity contribution in [1.29, 1.82) is 0 Å². The van der Waals surface area contributed by atoms with Crippen LogP contribution in [0.4, 0.5) is 0 Å². The number of nitrogens with one attached hydrogen (secondary N) is 1. The molecule has 2 rings (SSSR count). The molecule has 1 unspecified atom stereocenters. The first kappa shape index (κ1) is 19.4. The molecule has 2 aromatic rings. The van der Waals surface area contributed by atoms with Gasteiger partial charge in [0.05, 0.1) is 25.7 Å². The van der Waals surface area contributed by atoms with E-state index in [4.69, 9.17) is 30.5 Å². The van der Waals surface area contributed by atoms with Gasteiger partial charge in [0, 0.05) is 24.1 Å². The summed E-state index contributed by atoms with van der Waals surface area (Å²) in [5.74, 6) is 0.995. The van der Waals surface area contributed by atoms with Crippen molar-refractivity contribution >= 4 is 28.8 Å². The molecular weight excluding hydrogens is 366 g/mol. The molecule has 0 aliphatic carbocycles. The number of ether oxygens (including phenoxy) is 4. The van der Waals surface area contributed by atoms with Gasteiger partial charge in [-0.3, -0.25) is 4.79 Å². The maximum atomic E-state index is 12.5. The summed E-state index contributed by atoms with van der Waals surface area (Å²) in [6, 6.07) is 6.88. The van der Waals surface area contributed by atoms with E-state index < -0.39 is 0 Å². The van der Waals surface area contributed by atoms with Gasteiger partial charge in [-0.25, -0.2) is 0 Å². The van der Waals surface area contributed by atoms with Gasteiger partial charge in [0.25, 0.3) is 5.91 Å². The molecule has 0 radical (unpaired) electrons. The summed E-state index contributed by atoms with van der Waals surface area (Å²) in [6.07, 6.45) is -0.275. The lowest BCUT2D eigenvalue weighted by Crippen LogP contribution is -2.28. The average molecular weight is 386 g/mol. The lowest BCUT2D eigenvalue weighted by molar-refractivity contribution is 0.0837. The third kappa shape index (κ3) is 4.56. The molecule has 6 nitrogen and oxygen atoms in total. The van der Waals surface area contributed by atoms with E-state index in [1.54, 1.807) is 25.3 Å². The summed E-state index contributed by atoms with van der Waals surface area (Å²) in [4.78, 5) is 13.4. The highest BCUT2D eigenvalue weighted by Gasteiger charge is 2.19. The molecule has 0 saturated heterocycles. The second-order valence-corrected chi connectivity index (χ2v) is 6.74. The molecule has 0 saturated carbocycles. The van der Waals surface area contributed by atoms with E-state index in [-0.39, 0.29) is 12.0 Å². The molecule has 0 spiro atoms. The van der Waals surface area contributed by atoms with Crippen LogP contribution in [0.3, 0.4) is 0 Å². The number of thiophene rings is 1. The number of benzene rings is 1. The molecule has 0 fully saturated rings. The van der Waals surface area contributed by atoms with Crippen molar-refractivity contribution in [2.24, 2.45) is 0 Å². The highest BCUT2D eigenvalue weighted by Crippen LogP contribution is 2.38. The number of carbonyl (C=O) groups excluding carboxylic acids is 1. The first-order chi connectivity index (χ1) is 12.0. The second-order valence-electron chi connectivity index (χ2n) is 4.99. The number of carbonyl (C=O) groups is 1. The summed E-state index contributed by atoms with van der Waals surface area (Å²) in [6.45, 7) is 0.308. The van der Waals surface area contributed by atoms with Gasteiger partial charge in [-0.1, -0.05) is 11.6 Å². The van der Waals surface area contributed by atoms with Crippen LogP contribution in [-0.2, 0) is 4.74 Å². The van der Waals surface area contributed by atoms with E-state index in [0.717, 1.165) is 4.88 Å². The molecule has 0 aliphatic rings. The summed E-state index contributed by atoms with van der Waals surface area (Å²) in [5, 5.41) is 2.85. The summed E-state index contributed by atoms with van der Waals surface area (Å²) in [5.41, 5.74) is 0.397. The normalized spacial score (nSPS) is 11.7. The first-order valence-electron chi connectivity index (χ1n) is 7.40. The Labute approximate surface area is 155 Å². The number of rotatable bonds is 8. The molecule has 1 aromatic heterocycles. The van der Waals surface area contributed by atoms with Crippen molar-refractivity contribution in [2.75, 3.05) is 35.0 Å². The molecule has 25 heavy (non-hydrogen) atoms. The molecule has 1 aromatic carbocycles. The number of methoxy groups -OCH3 is 4. The molecule has 1 atom stereocenters. The standard InChI is InChI=1S/C17H20ClNO5S/c1-21-11-7-10(8-12(22-2)16(11)24-4)17(20)19-9-13(23-3)14-5-6-15(18)25-14/h5-8,13H,9H2,1-4H3,(H,19,20). The Bertz CT molecular complexity index is 709. The average Bonchev–Trinajstić information content (AvgIpc) is 3.06. The van der Waals surface area contributed by atoms with Crippen molar-refractivity contribution in [2.45, 2.75) is 6.10 Å². The predicted molar refractivity (Wildman–Crippen MR) is 97.5 cm³/mol. The van der Waals surface area contributed by atoms with Gasteiger partial charge in [0.2, 0.25) is 5.75 Å². The molecule has 8 heteroatoms. The lowest BCUT2D eigenvalue weighted by atomic mass is 10.1. The van der Waals surface area contributed by atoms with Crippen LogP contribution in [0.25, 0.3) is 0 Å². The summed E-state index contributed by atoms with van der Waals surface area (Å²) < 4.78 is 21.9. The van der Waals surface area contributed by atoms with Gasteiger partial charge in [0.15, 0.2) is 11.5 Å². The van der Waals surface area contributed by atoms with Crippen molar-refractivity contribution in [3.8, 4) is 17.2 Å². The molecule has 1 amide bonds. The minimum atomic E-state index is -0.275. The zero-order chi connectivity index (χ0) is 18.4. The number of hydrogen-bond acceptors (Lipinski definition) is 6. The van der Waals surface area contributed by atoms with Crippen LogP contribution in [0.15, 0.2) is 24.3 Å². The van der Waals surface area contributed by atoms with Crippen molar-refractivity contribution < 1.29 is 23.7 Å². The predicted octanol–water partition coefficient (Wildman–Crippen LogP) is 3.54. The Morgan fingerprint density at radius 2 is 1.76 bits per heavy atom. The number of halogens is 1. The third-order valence-electron chi connectivity index (χ3n) is 3.57. The molecule has 136 valence electrons. The Hall–Kier alpha value is -1.96. The molecule has 1 N–H and O–H groups in total. The van der Waals surface area contributed by atoms with E-state index in [1.807, 2.05) is 6.07 Å². The smallest absolute Gasteiger partial charge is 0.251 e. The summed E-state index contributed by atoms with van der Waals surface area (Å²) >= 11 is 7.37. The van der Waals surface area contributed by atoms with E-state index in [9.17, 15) is 4.79 Å². The Morgan fingerprint density at radius 1 is 1.12 bits per heavy atom. The topological polar surface area (TPSA) is 66.0 Å². The maximum Gasteiger partial charge on any atom is 0.251 e. The third-order valence-corrected chi connectivity index (χ3v) is 4.89. The van der Waals surface area contributed by atoms with E-state index in [1.165, 1.54) is 32.7 Å². The Morgan fingerprint density at radius 3 is 2.20 bits per heavy atom. The van der Waals surface area contributed by atoms with Gasteiger partial charge in [-0.15, -0.1) is 11.3 Å². The van der Waals surface area contributed by atoms with Crippen LogP contribution < -0.4 is 19.5 Å². The van der Waals surface area contributed by atoms with Crippen LogP contribution >= 0.6 is 22.9 Å². The first-order valence-corrected chi connectivity index (χ1v) is 8.59. The maximum absolute atomic E-state index is 12.5. The number of hydrogen-bond donors (Lipinski definition) is 1. The minimum Gasteiger partial charge on any atom is -0.493 e. The van der Waals surface area contributed by atoms with Crippen molar-refractivity contribution in [1.82, 2.24) is 5.32 Å². The van der Waals surface area contributed by atoms with Crippen LogP contribution in [0.2, 0.25) is 4.34 Å². The fraction of sp³-hybridized carbons (Fsp3) is 0.353. The Balaban J connectivity index is 2.14. The van der Waals surface area contributed by atoms with Gasteiger partial charge in [-0.05, 0) is 24.3 Å². The van der Waals surface area contributed by atoms with Crippen molar-refractivity contribution in [3.05, 3.63) is 39.0 Å². The highest BCUT2D eigenvalue weighted by molar-refractivity contribution is 7.16. The highest BCUT2D eigenvalue weighted by atomic mass is 35.5. The quantitative estimate of drug-likeness (QED) is 0.752. The van der Waals surface area contributed by atoms with E-state index in [2.05, 4.69) is 5.32 Å². The van der Waals surface area contributed by atoms with Crippen LogP contribution in [0.5, 0.6) is 17.2 Å². The van der Waals surface area contributed by atoms with Gasteiger partial charge >= 0.3 is 0 Å². The van der Waals surface area contributed by atoms with Gasteiger partial charge in [-0.2, -0.15) is 0 Å². The largest absolute Gasteiger partial charge is 0.493 e. The van der Waals surface area contributed by atoms with Gasteiger partial charge < -0.3 is 24.3 Å². The van der Waals surface area contributed by atoms with Gasteiger partial charge in [0.1, 0.15) is 6.10 Å². The van der Waals surface area contributed by atoms with Crippen LogP contribution in [-0.4, -0.2) is 40.9 Å². The molecule has 0 aliphatic heterocycles. The Kier molecular flexibility index (Phi) is 6.92. The number of amides is 1.